The summed E-state index contributed by atoms with van der Waals surface area (Å²) in [6.07, 6.45) is 0.887. The SMILES string of the molecule is CC(C)(O)C(=O)c1ccc(COC(=O)NC2CC3CC2CC3NC(=O)O)cc1. The summed E-state index contributed by atoms with van der Waals surface area (Å²) >= 11 is 0. The summed E-state index contributed by atoms with van der Waals surface area (Å²) in [4.78, 5) is 34.9. The van der Waals surface area contributed by atoms with Crippen molar-refractivity contribution in [3.63, 3.8) is 0 Å². The molecule has 2 fully saturated rings. The van der Waals surface area contributed by atoms with E-state index in [-0.39, 0.29) is 36.3 Å². The molecule has 4 atom stereocenters. The molecule has 2 aliphatic rings. The van der Waals surface area contributed by atoms with Crippen LogP contribution >= 0.6 is 0 Å². The van der Waals surface area contributed by atoms with Crippen molar-refractivity contribution in [3.8, 4) is 0 Å². The van der Waals surface area contributed by atoms with E-state index in [1.807, 2.05) is 0 Å². The number of aliphatic hydroxyl groups is 1. The Kier molecular flexibility index (Phi) is 5.60. The van der Waals surface area contributed by atoms with Crippen molar-refractivity contribution < 1.29 is 29.3 Å². The standard InChI is InChI=1S/C20H26N2O6/c1-20(2,27)17(23)12-5-3-11(4-6-12)10-28-19(26)22-16-9-13-7-14(16)8-15(13)21-18(24)25/h3-6,13-16,21,27H,7-10H2,1-2H3,(H,22,26)(H,24,25). The number of benzene rings is 1. The monoisotopic (exact) mass is 390 g/mol. The number of nitrogens with one attached hydrogen (secondary N) is 2. The van der Waals surface area contributed by atoms with E-state index in [0.717, 1.165) is 24.8 Å². The molecule has 28 heavy (non-hydrogen) atoms. The molecule has 8 heteroatoms. The molecule has 4 N–H and O–H groups in total. The normalized spacial score (nSPS) is 26.0. The van der Waals surface area contributed by atoms with E-state index in [1.165, 1.54) is 13.8 Å². The fraction of sp³-hybridized carbons (Fsp3) is 0.550. The third-order valence-corrected chi connectivity index (χ3v) is 5.61. The number of ketones is 1. The summed E-state index contributed by atoms with van der Waals surface area (Å²) < 4.78 is 5.26. The molecule has 2 amide bonds. The predicted octanol–water partition coefficient (Wildman–Crippen LogP) is 2.30. The topological polar surface area (TPSA) is 125 Å². The zero-order valence-corrected chi connectivity index (χ0v) is 16.0. The molecule has 2 aliphatic carbocycles. The summed E-state index contributed by atoms with van der Waals surface area (Å²) in [6, 6.07) is 6.56. The molecule has 1 aromatic rings. The largest absolute Gasteiger partial charge is 0.465 e. The number of alkyl carbamates (subject to hydrolysis) is 1. The van der Waals surface area contributed by atoms with Crippen LogP contribution in [0.4, 0.5) is 9.59 Å². The highest BCUT2D eigenvalue weighted by atomic mass is 16.5. The van der Waals surface area contributed by atoms with Crippen molar-refractivity contribution in [2.45, 2.75) is 57.4 Å². The van der Waals surface area contributed by atoms with Gasteiger partial charge in [-0.2, -0.15) is 0 Å². The molecule has 4 unspecified atom stereocenters. The van der Waals surface area contributed by atoms with Gasteiger partial charge in [-0.15, -0.1) is 0 Å². The predicted molar refractivity (Wildman–Crippen MR) is 100.0 cm³/mol. The molecule has 2 saturated carbocycles. The number of hydrogen-bond donors (Lipinski definition) is 4. The number of Topliss-reactive ketones (excluding diaryl/α,β-unsaturated/α-hetero) is 1. The van der Waals surface area contributed by atoms with Gasteiger partial charge in [0.05, 0.1) is 0 Å². The lowest BCUT2D eigenvalue weighted by Crippen LogP contribution is -2.45. The molecule has 0 aromatic heterocycles. The molecule has 1 aromatic carbocycles. The number of carbonyl (C=O) groups is 3. The van der Waals surface area contributed by atoms with Gasteiger partial charge in [0.25, 0.3) is 0 Å². The van der Waals surface area contributed by atoms with Crippen LogP contribution < -0.4 is 10.6 Å². The van der Waals surface area contributed by atoms with Gasteiger partial charge >= 0.3 is 12.2 Å². The number of amides is 2. The summed E-state index contributed by atoms with van der Waals surface area (Å²) in [5.74, 6) is 0.151. The minimum Gasteiger partial charge on any atom is -0.465 e. The quantitative estimate of drug-likeness (QED) is 0.553. The maximum atomic E-state index is 12.1. The first-order chi connectivity index (χ1) is 13.1. The summed E-state index contributed by atoms with van der Waals surface area (Å²) in [7, 11) is 0. The van der Waals surface area contributed by atoms with Crippen molar-refractivity contribution >= 4 is 18.0 Å². The Bertz CT molecular complexity index is 755. The minimum absolute atomic E-state index is 0.0103. The van der Waals surface area contributed by atoms with Crippen LogP contribution in [-0.2, 0) is 11.3 Å². The van der Waals surface area contributed by atoms with Crippen LogP contribution in [0.2, 0.25) is 0 Å². The second kappa shape index (κ2) is 7.79. The zero-order valence-electron chi connectivity index (χ0n) is 16.0. The number of hydrogen-bond acceptors (Lipinski definition) is 5. The fourth-order valence-corrected chi connectivity index (χ4v) is 4.24. The van der Waals surface area contributed by atoms with Crippen LogP contribution in [0.25, 0.3) is 0 Å². The Morgan fingerprint density at radius 3 is 2.11 bits per heavy atom. The number of ether oxygens (including phenoxy) is 1. The molecular formula is C20H26N2O6. The first-order valence-electron chi connectivity index (χ1n) is 9.42. The van der Waals surface area contributed by atoms with Gasteiger partial charge in [0.2, 0.25) is 0 Å². The molecule has 0 heterocycles. The fourth-order valence-electron chi connectivity index (χ4n) is 4.24. The highest BCUT2D eigenvalue weighted by Gasteiger charge is 2.47. The Morgan fingerprint density at radius 1 is 1.04 bits per heavy atom. The van der Waals surface area contributed by atoms with Crippen molar-refractivity contribution in [1.82, 2.24) is 10.6 Å². The van der Waals surface area contributed by atoms with Gasteiger partial charge in [0, 0.05) is 17.6 Å². The molecule has 0 saturated heterocycles. The molecule has 0 aliphatic heterocycles. The van der Waals surface area contributed by atoms with E-state index in [0.29, 0.717) is 5.56 Å². The summed E-state index contributed by atoms with van der Waals surface area (Å²) in [5.41, 5.74) is -0.300. The summed E-state index contributed by atoms with van der Waals surface area (Å²) in [5, 5.41) is 24.0. The lowest BCUT2D eigenvalue weighted by atomic mass is 9.91. The number of carboxylic acid groups (broad SMARTS) is 1. The second-order valence-corrected chi connectivity index (χ2v) is 8.20. The number of fused-ring (bicyclic) bond motifs is 2. The van der Waals surface area contributed by atoms with Crippen LogP contribution in [0.3, 0.4) is 0 Å². The average molecular weight is 390 g/mol. The van der Waals surface area contributed by atoms with Crippen LogP contribution in [-0.4, -0.2) is 45.9 Å². The van der Waals surface area contributed by atoms with Crippen molar-refractivity contribution in [2.75, 3.05) is 0 Å². The van der Waals surface area contributed by atoms with Crippen molar-refractivity contribution in [1.29, 1.82) is 0 Å². The number of carbonyl (C=O) groups excluding carboxylic acids is 2. The Morgan fingerprint density at radius 2 is 1.61 bits per heavy atom. The van der Waals surface area contributed by atoms with E-state index in [2.05, 4.69) is 10.6 Å². The number of rotatable bonds is 6. The van der Waals surface area contributed by atoms with Gasteiger partial charge in [-0.25, -0.2) is 9.59 Å². The van der Waals surface area contributed by atoms with E-state index in [4.69, 9.17) is 9.84 Å². The van der Waals surface area contributed by atoms with Gasteiger partial charge in [-0.05, 0) is 50.5 Å². The van der Waals surface area contributed by atoms with Gasteiger partial charge < -0.3 is 25.6 Å². The third kappa shape index (κ3) is 4.62. The second-order valence-electron chi connectivity index (χ2n) is 8.20. The molecule has 8 nitrogen and oxygen atoms in total. The van der Waals surface area contributed by atoms with E-state index in [9.17, 15) is 19.5 Å². The maximum Gasteiger partial charge on any atom is 0.407 e. The zero-order chi connectivity index (χ0) is 20.5. The maximum absolute atomic E-state index is 12.1. The average Bonchev–Trinajstić information content (AvgIpc) is 3.18. The van der Waals surface area contributed by atoms with E-state index in [1.54, 1.807) is 24.3 Å². The Balaban J connectivity index is 1.44. The lowest BCUT2D eigenvalue weighted by Gasteiger charge is -2.28. The van der Waals surface area contributed by atoms with Gasteiger partial charge in [0.1, 0.15) is 12.2 Å². The van der Waals surface area contributed by atoms with Crippen LogP contribution in [0.15, 0.2) is 24.3 Å². The molecule has 152 valence electrons. The minimum atomic E-state index is -1.43. The van der Waals surface area contributed by atoms with Crippen LogP contribution in [0.5, 0.6) is 0 Å². The van der Waals surface area contributed by atoms with E-state index < -0.39 is 17.8 Å². The molecular weight excluding hydrogens is 364 g/mol. The Labute approximate surface area is 163 Å². The van der Waals surface area contributed by atoms with Crippen molar-refractivity contribution in [2.24, 2.45) is 11.8 Å². The molecule has 3 rings (SSSR count). The van der Waals surface area contributed by atoms with Gasteiger partial charge in [0.15, 0.2) is 5.78 Å². The third-order valence-electron chi connectivity index (χ3n) is 5.61. The van der Waals surface area contributed by atoms with Crippen LogP contribution in [0, 0.1) is 11.8 Å². The van der Waals surface area contributed by atoms with Crippen molar-refractivity contribution in [3.05, 3.63) is 35.4 Å². The van der Waals surface area contributed by atoms with E-state index >= 15 is 0 Å². The first kappa shape index (κ1) is 20.1. The molecule has 2 bridgehead atoms. The first-order valence-corrected chi connectivity index (χ1v) is 9.42. The van der Waals surface area contributed by atoms with Gasteiger partial charge in [-0.3, -0.25) is 4.79 Å². The smallest absolute Gasteiger partial charge is 0.407 e. The molecule has 0 spiro atoms. The molecule has 0 radical (unpaired) electrons. The Hall–Kier alpha value is -2.61. The lowest BCUT2D eigenvalue weighted by molar-refractivity contribution is 0.0488. The highest BCUT2D eigenvalue weighted by Crippen LogP contribution is 2.44. The highest BCUT2D eigenvalue weighted by molar-refractivity contribution is 6.01. The summed E-state index contributed by atoms with van der Waals surface area (Å²) in [6.45, 7) is 2.95. The van der Waals surface area contributed by atoms with Crippen LogP contribution in [0.1, 0.15) is 49.0 Å². The van der Waals surface area contributed by atoms with Gasteiger partial charge in [-0.1, -0.05) is 24.3 Å².